The van der Waals surface area contributed by atoms with Gasteiger partial charge in [0.05, 0.1) is 4.47 Å². The maximum Gasteiger partial charge on any atom is 0.173 e. The Morgan fingerprint density at radius 3 is 2.74 bits per heavy atom. The molecule has 19 heavy (non-hydrogen) atoms. The molecule has 2 aromatic rings. The van der Waals surface area contributed by atoms with E-state index in [2.05, 4.69) is 25.9 Å². The van der Waals surface area contributed by atoms with Crippen LogP contribution < -0.4 is 0 Å². The molecule has 0 bridgehead atoms. The summed E-state index contributed by atoms with van der Waals surface area (Å²) in [6.45, 7) is 0. The molecule has 0 spiro atoms. The summed E-state index contributed by atoms with van der Waals surface area (Å²) in [5.41, 5.74) is 2.26. The van der Waals surface area contributed by atoms with Crippen molar-refractivity contribution in [2.45, 2.75) is 19.3 Å². The maximum absolute atomic E-state index is 13.5. The van der Waals surface area contributed by atoms with Crippen LogP contribution in [0.1, 0.15) is 17.7 Å². The van der Waals surface area contributed by atoms with Crippen molar-refractivity contribution in [3.05, 3.63) is 44.7 Å². The summed E-state index contributed by atoms with van der Waals surface area (Å²) < 4.78 is 26.7. The third-order valence-electron chi connectivity index (χ3n) is 3.16. The maximum atomic E-state index is 13.5. The summed E-state index contributed by atoms with van der Waals surface area (Å²) in [5.74, 6) is -1.54. The predicted octanol–water partition coefficient (Wildman–Crippen LogP) is 4.33. The molecule has 0 saturated carbocycles. The first-order chi connectivity index (χ1) is 9.08. The summed E-state index contributed by atoms with van der Waals surface area (Å²) in [6.07, 6.45) is 2.70. The summed E-state index contributed by atoms with van der Waals surface area (Å²) in [4.78, 5) is 8.58. The molecular weight excluding hydrogens is 338 g/mol. The second-order valence-electron chi connectivity index (χ2n) is 4.34. The third kappa shape index (κ3) is 2.15. The molecular formula is C13H8BrClF2N2. The molecule has 2 nitrogen and oxygen atoms in total. The average molecular weight is 346 g/mol. The van der Waals surface area contributed by atoms with Crippen LogP contribution in [0.25, 0.3) is 11.4 Å². The van der Waals surface area contributed by atoms with Crippen molar-refractivity contribution in [2.75, 3.05) is 0 Å². The van der Waals surface area contributed by atoms with Gasteiger partial charge in [-0.2, -0.15) is 0 Å². The van der Waals surface area contributed by atoms with Crippen molar-refractivity contribution in [2.24, 2.45) is 0 Å². The van der Waals surface area contributed by atoms with Gasteiger partial charge in [0.25, 0.3) is 0 Å². The molecule has 0 amide bonds. The highest BCUT2D eigenvalue weighted by molar-refractivity contribution is 9.10. The Labute approximate surface area is 122 Å². The molecule has 0 N–H and O–H groups in total. The summed E-state index contributed by atoms with van der Waals surface area (Å²) in [5, 5.41) is 0.397. The molecule has 6 heteroatoms. The standard InChI is InChI=1S/C13H8BrClF2N2/c14-10-7(4-5-8(16)11(10)17)13-18-9-3-1-2-6(9)12(15)19-13/h4-5H,1-3H2. The molecule has 0 unspecified atom stereocenters. The Kier molecular flexibility index (Phi) is 3.27. The summed E-state index contributed by atoms with van der Waals surface area (Å²) in [6, 6.07) is 2.50. The zero-order valence-corrected chi connectivity index (χ0v) is 12.0. The fourth-order valence-corrected chi connectivity index (χ4v) is 2.99. The number of fused-ring (bicyclic) bond motifs is 1. The average Bonchev–Trinajstić information content (AvgIpc) is 2.85. The topological polar surface area (TPSA) is 25.8 Å². The minimum Gasteiger partial charge on any atom is -0.233 e. The van der Waals surface area contributed by atoms with Gasteiger partial charge in [0.2, 0.25) is 0 Å². The Hall–Kier alpha value is -1.07. The summed E-state index contributed by atoms with van der Waals surface area (Å²) in [7, 11) is 0. The van der Waals surface area contributed by atoms with E-state index in [0.717, 1.165) is 36.6 Å². The minimum atomic E-state index is -0.947. The van der Waals surface area contributed by atoms with E-state index >= 15 is 0 Å². The second kappa shape index (κ2) is 4.80. The minimum absolute atomic E-state index is 0.0153. The van der Waals surface area contributed by atoms with Crippen LogP contribution in [0.4, 0.5) is 8.78 Å². The lowest BCUT2D eigenvalue weighted by Crippen LogP contribution is -1.99. The molecule has 1 aliphatic carbocycles. The molecule has 0 aliphatic heterocycles. The van der Waals surface area contributed by atoms with Crippen molar-refractivity contribution in [3.63, 3.8) is 0 Å². The number of benzene rings is 1. The highest BCUT2D eigenvalue weighted by Crippen LogP contribution is 2.33. The lowest BCUT2D eigenvalue weighted by Gasteiger charge is -2.08. The molecule has 98 valence electrons. The van der Waals surface area contributed by atoms with E-state index in [0.29, 0.717) is 16.5 Å². The first-order valence-electron chi connectivity index (χ1n) is 5.77. The third-order valence-corrected chi connectivity index (χ3v) is 4.25. The molecule has 1 aliphatic rings. The van der Waals surface area contributed by atoms with Crippen LogP contribution in [0.2, 0.25) is 5.15 Å². The molecule has 0 radical (unpaired) electrons. The van der Waals surface area contributed by atoms with Gasteiger partial charge in [0, 0.05) is 16.8 Å². The van der Waals surface area contributed by atoms with Gasteiger partial charge in [0.15, 0.2) is 17.5 Å². The van der Waals surface area contributed by atoms with Gasteiger partial charge in [-0.3, -0.25) is 0 Å². The van der Waals surface area contributed by atoms with Gasteiger partial charge in [-0.25, -0.2) is 18.7 Å². The zero-order chi connectivity index (χ0) is 13.6. The smallest absolute Gasteiger partial charge is 0.173 e. The van der Waals surface area contributed by atoms with Crippen LogP contribution in [-0.2, 0) is 12.8 Å². The van der Waals surface area contributed by atoms with E-state index in [1.54, 1.807) is 0 Å². The van der Waals surface area contributed by atoms with Crippen LogP contribution in [0.3, 0.4) is 0 Å². The van der Waals surface area contributed by atoms with Gasteiger partial charge in [-0.05, 0) is 47.3 Å². The molecule has 0 atom stereocenters. The number of rotatable bonds is 1. The fourth-order valence-electron chi connectivity index (χ4n) is 2.21. The number of aromatic nitrogens is 2. The van der Waals surface area contributed by atoms with Gasteiger partial charge >= 0.3 is 0 Å². The molecule has 1 aromatic heterocycles. The molecule has 3 rings (SSSR count). The van der Waals surface area contributed by atoms with Gasteiger partial charge in [-0.1, -0.05) is 11.6 Å². The van der Waals surface area contributed by atoms with E-state index < -0.39 is 11.6 Å². The van der Waals surface area contributed by atoms with Gasteiger partial charge in [0.1, 0.15) is 5.15 Å². The van der Waals surface area contributed by atoms with E-state index in [1.165, 1.54) is 6.07 Å². The van der Waals surface area contributed by atoms with Gasteiger partial charge in [-0.15, -0.1) is 0 Å². The van der Waals surface area contributed by atoms with E-state index in [9.17, 15) is 8.78 Å². The number of hydrogen-bond donors (Lipinski definition) is 0. The van der Waals surface area contributed by atoms with Crippen LogP contribution >= 0.6 is 27.5 Å². The largest absolute Gasteiger partial charge is 0.233 e. The quantitative estimate of drug-likeness (QED) is 0.568. The van der Waals surface area contributed by atoms with Crippen molar-refractivity contribution < 1.29 is 8.78 Å². The number of nitrogens with zero attached hydrogens (tertiary/aromatic N) is 2. The molecule has 0 saturated heterocycles. The first-order valence-corrected chi connectivity index (χ1v) is 6.94. The van der Waals surface area contributed by atoms with Crippen LogP contribution in [-0.4, -0.2) is 9.97 Å². The Morgan fingerprint density at radius 1 is 1.16 bits per heavy atom. The normalized spacial score (nSPS) is 13.7. The number of halogens is 4. The number of hydrogen-bond acceptors (Lipinski definition) is 2. The lowest BCUT2D eigenvalue weighted by atomic mass is 10.2. The van der Waals surface area contributed by atoms with Gasteiger partial charge < -0.3 is 0 Å². The lowest BCUT2D eigenvalue weighted by molar-refractivity contribution is 0.504. The second-order valence-corrected chi connectivity index (χ2v) is 5.49. The van der Waals surface area contributed by atoms with Crippen molar-refractivity contribution in [3.8, 4) is 11.4 Å². The fraction of sp³-hybridized carbons (Fsp3) is 0.231. The highest BCUT2D eigenvalue weighted by Gasteiger charge is 2.21. The van der Waals surface area contributed by atoms with Crippen molar-refractivity contribution in [1.29, 1.82) is 0 Å². The molecule has 0 fully saturated rings. The predicted molar refractivity (Wildman–Crippen MR) is 72.1 cm³/mol. The summed E-state index contributed by atoms with van der Waals surface area (Å²) >= 11 is 9.15. The van der Waals surface area contributed by atoms with E-state index in [-0.39, 0.29) is 4.47 Å². The monoisotopic (exact) mass is 344 g/mol. The van der Waals surface area contributed by atoms with Crippen molar-refractivity contribution >= 4 is 27.5 Å². The number of aryl methyl sites for hydroxylation is 1. The van der Waals surface area contributed by atoms with Crippen LogP contribution in [0.15, 0.2) is 16.6 Å². The Morgan fingerprint density at radius 2 is 1.95 bits per heavy atom. The molecule has 1 aromatic carbocycles. The van der Waals surface area contributed by atoms with Crippen LogP contribution in [0.5, 0.6) is 0 Å². The highest BCUT2D eigenvalue weighted by atomic mass is 79.9. The van der Waals surface area contributed by atoms with E-state index in [4.69, 9.17) is 11.6 Å². The van der Waals surface area contributed by atoms with E-state index in [1.807, 2.05) is 0 Å². The first kappa shape index (κ1) is 12.9. The van der Waals surface area contributed by atoms with Crippen molar-refractivity contribution in [1.82, 2.24) is 9.97 Å². The Bertz CT molecular complexity index is 676. The Balaban J connectivity index is 2.18. The zero-order valence-electron chi connectivity index (χ0n) is 9.68. The van der Waals surface area contributed by atoms with Crippen LogP contribution in [0, 0.1) is 11.6 Å². The molecule has 1 heterocycles. The SMILES string of the molecule is Fc1ccc(-c2nc(Cl)c3c(n2)CCC3)c(Br)c1F.